The predicted octanol–water partition coefficient (Wildman–Crippen LogP) is 5.27. The number of fused-ring (bicyclic) bond motifs is 1. The zero-order valence-corrected chi connectivity index (χ0v) is 19.3. The SMILES string of the molecule is Cc1onc(-c2ccccc2Cl)c1C(=O)N1CCc2nc(NC(=O)c3cccs3)sc2C1. The Labute approximate surface area is 196 Å². The molecule has 4 heterocycles. The lowest BCUT2D eigenvalue weighted by Crippen LogP contribution is -2.35. The molecule has 0 saturated heterocycles. The Kier molecular flexibility index (Phi) is 5.54. The van der Waals surface area contributed by atoms with E-state index in [1.165, 1.54) is 22.7 Å². The summed E-state index contributed by atoms with van der Waals surface area (Å²) in [6.45, 7) is 2.65. The zero-order valence-electron chi connectivity index (χ0n) is 16.9. The minimum atomic E-state index is -0.177. The van der Waals surface area contributed by atoms with Crippen LogP contribution in [0.1, 0.15) is 36.4 Å². The number of aromatic nitrogens is 2. The molecule has 10 heteroatoms. The quantitative estimate of drug-likeness (QED) is 0.426. The maximum atomic E-state index is 13.4. The fraction of sp³-hybridized carbons (Fsp3) is 0.182. The number of anilines is 1. The molecular weight excluding hydrogens is 468 g/mol. The fourth-order valence-electron chi connectivity index (χ4n) is 3.61. The van der Waals surface area contributed by atoms with Crippen molar-refractivity contribution in [3.63, 3.8) is 0 Å². The molecule has 0 radical (unpaired) electrons. The number of carbonyl (C=O) groups is 2. The van der Waals surface area contributed by atoms with Gasteiger partial charge < -0.3 is 9.42 Å². The van der Waals surface area contributed by atoms with Crippen molar-refractivity contribution in [1.82, 2.24) is 15.0 Å². The van der Waals surface area contributed by atoms with Gasteiger partial charge in [0, 0.05) is 23.4 Å². The highest BCUT2D eigenvalue weighted by Crippen LogP contribution is 2.34. The first kappa shape index (κ1) is 20.9. The van der Waals surface area contributed by atoms with Crippen molar-refractivity contribution in [2.75, 3.05) is 11.9 Å². The van der Waals surface area contributed by atoms with E-state index in [1.807, 2.05) is 29.6 Å². The number of hydrogen-bond donors (Lipinski definition) is 1. The van der Waals surface area contributed by atoms with Gasteiger partial charge in [-0.1, -0.05) is 52.4 Å². The van der Waals surface area contributed by atoms with E-state index in [9.17, 15) is 9.59 Å². The maximum absolute atomic E-state index is 13.4. The van der Waals surface area contributed by atoms with E-state index >= 15 is 0 Å². The van der Waals surface area contributed by atoms with Gasteiger partial charge in [0.05, 0.1) is 22.1 Å². The van der Waals surface area contributed by atoms with E-state index in [-0.39, 0.29) is 11.8 Å². The number of hydrogen-bond acceptors (Lipinski definition) is 7. The van der Waals surface area contributed by atoms with Gasteiger partial charge in [-0.25, -0.2) is 4.98 Å². The van der Waals surface area contributed by atoms with Gasteiger partial charge in [-0.15, -0.1) is 11.3 Å². The Bertz CT molecular complexity index is 1310. The van der Waals surface area contributed by atoms with Crippen molar-refractivity contribution in [2.24, 2.45) is 0 Å². The summed E-state index contributed by atoms with van der Waals surface area (Å²) < 4.78 is 5.36. The molecule has 1 aliphatic heterocycles. The number of benzene rings is 1. The van der Waals surface area contributed by atoms with E-state index in [0.717, 1.165) is 10.6 Å². The molecule has 1 N–H and O–H groups in total. The van der Waals surface area contributed by atoms with Crippen LogP contribution in [-0.4, -0.2) is 33.4 Å². The van der Waals surface area contributed by atoms with Gasteiger partial charge in [0.1, 0.15) is 17.0 Å². The molecule has 4 aromatic rings. The summed E-state index contributed by atoms with van der Waals surface area (Å²) in [6, 6.07) is 10.8. The number of rotatable bonds is 4. The van der Waals surface area contributed by atoms with E-state index in [0.29, 0.717) is 57.1 Å². The molecule has 0 saturated carbocycles. The molecule has 1 aliphatic rings. The molecule has 0 bridgehead atoms. The summed E-state index contributed by atoms with van der Waals surface area (Å²) in [5.74, 6) is 0.106. The van der Waals surface area contributed by atoms with Gasteiger partial charge in [0.25, 0.3) is 11.8 Å². The molecule has 0 fully saturated rings. The lowest BCUT2D eigenvalue weighted by molar-refractivity contribution is 0.0735. The van der Waals surface area contributed by atoms with Crippen LogP contribution in [0.2, 0.25) is 5.02 Å². The number of nitrogens with one attached hydrogen (secondary N) is 1. The third-order valence-electron chi connectivity index (χ3n) is 5.19. The van der Waals surface area contributed by atoms with Crippen molar-refractivity contribution in [3.8, 4) is 11.3 Å². The second-order valence-corrected chi connectivity index (χ2v) is 9.68. The van der Waals surface area contributed by atoms with Crippen LogP contribution in [0, 0.1) is 6.92 Å². The average molecular weight is 485 g/mol. The third kappa shape index (κ3) is 3.83. The maximum Gasteiger partial charge on any atom is 0.267 e. The first-order valence-electron chi connectivity index (χ1n) is 9.85. The van der Waals surface area contributed by atoms with E-state index < -0.39 is 0 Å². The van der Waals surface area contributed by atoms with Crippen LogP contribution in [0.4, 0.5) is 5.13 Å². The standard InChI is InChI=1S/C22H17ClN4O3S2/c1-12-18(19(26-30-12)13-5-2-3-6-14(13)23)21(29)27-9-8-15-17(11-27)32-22(24-15)25-20(28)16-7-4-10-31-16/h2-7,10H,8-9,11H2,1H3,(H,24,25,28). The van der Waals surface area contributed by atoms with Crippen molar-refractivity contribution >= 4 is 51.2 Å². The highest BCUT2D eigenvalue weighted by atomic mass is 35.5. The molecule has 2 amide bonds. The molecule has 162 valence electrons. The molecule has 3 aromatic heterocycles. The summed E-state index contributed by atoms with van der Waals surface area (Å²) in [5, 5.41) is 9.86. The molecule has 0 aliphatic carbocycles. The predicted molar refractivity (Wildman–Crippen MR) is 125 cm³/mol. The van der Waals surface area contributed by atoms with Crippen molar-refractivity contribution in [2.45, 2.75) is 19.9 Å². The topological polar surface area (TPSA) is 88.3 Å². The van der Waals surface area contributed by atoms with Crippen molar-refractivity contribution in [3.05, 3.63) is 73.6 Å². The second kappa shape index (κ2) is 8.50. The van der Waals surface area contributed by atoms with Crippen LogP contribution >= 0.6 is 34.3 Å². The Morgan fingerprint density at radius 3 is 2.84 bits per heavy atom. The van der Waals surface area contributed by atoms with Crippen LogP contribution < -0.4 is 5.32 Å². The second-order valence-electron chi connectivity index (χ2n) is 7.24. The first-order chi connectivity index (χ1) is 15.5. The molecule has 1 aromatic carbocycles. The summed E-state index contributed by atoms with van der Waals surface area (Å²) in [6.07, 6.45) is 0.609. The van der Waals surface area contributed by atoms with Gasteiger partial charge in [-0.05, 0) is 24.4 Å². The zero-order chi connectivity index (χ0) is 22.2. The van der Waals surface area contributed by atoms with Gasteiger partial charge >= 0.3 is 0 Å². The smallest absolute Gasteiger partial charge is 0.267 e. The first-order valence-corrected chi connectivity index (χ1v) is 11.9. The van der Waals surface area contributed by atoms with E-state index in [4.69, 9.17) is 16.1 Å². The van der Waals surface area contributed by atoms with Gasteiger partial charge in [-0.3, -0.25) is 14.9 Å². The molecule has 32 heavy (non-hydrogen) atoms. The van der Waals surface area contributed by atoms with Crippen LogP contribution in [0.15, 0.2) is 46.3 Å². The van der Waals surface area contributed by atoms with Crippen molar-refractivity contribution in [1.29, 1.82) is 0 Å². The number of thiophene rings is 1. The van der Waals surface area contributed by atoms with Gasteiger partial charge in [-0.2, -0.15) is 0 Å². The number of aryl methyl sites for hydroxylation is 1. The molecule has 0 atom stereocenters. The third-order valence-corrected chi connectivity index (χ3v) is 7.39. The van der Waals surface area contributed by atoms with Crippen LogP contribution in [-0.2, 0) is 13.0 Å². The van der Waals surface area contributed by atoms with Crippen LogP contribution in [0.25, 0.3) is 11.3 Å². The fourth-order valence-corrected chi connectivity index (χ4v) is 5.47. The molecule has 5 rings (SSSR count). The largest absolute Gasteiger partial charge is 0.360 e. The summed E-state index contributed by atoms with van der Waals surface area (Å²) in [7, 11) is 0. The lowest BCUT2D eigenvalue weighted by atomic mass is 10.0. The number of amides is 2. The Hall–Kier alpha value is -3.01. The lowest BCUT2D eigenvalue weighted by Gasteiger charge is -2.26. The van der Waals surface area contributed by atoms with Crippen LogP contribution in [0.5, 0.6) is 0 Å². The highest BCUT2D eigenvalue weighted by molar-refractivity contribution is 7.16. The summed E-state index contributed by atoms with van der Waals surface area (Å²) >= 11 is 9.10. The Morgan fingerprint density at radius 1 is 1.22 bits per heavy atom. The van der Waals surface area contributed by atoms with E-state index in [1.54, 1.807) is 24.0 Å². The number of thiazole rings is 1. The number of nitrogens with zero attached hydrogens (tertiary/aromatic N) is 3. The number of halogens is 1. The molecule has 7 nitrogen and oxygen atoms in total. The number of carbonyl (C=O) groups excluding carboxylic acids is 2. The minimum Gasteiger partial charge on any atom is -0.360 e. The van der Waals surface area contributed by atoms with Crippen LogP contribution in [0.3, 0.4) is 0 Å². The summed E-state index contributed by atoms with van der Waals surface area (Å²) in [5.41, 5.74) is 2.42. The summed E-state index contributed by atoms with van der Waals surface area (Å²) in [4.78, 5) is 33.7. The molecule has 0 spiro atoms. The van der Waals surface area contributed by atoms with E-state index in [2.05, 4.69) is 15.5 Å². The van der Waals surface area contributed by atoms with Gasteiger partial charge in [0.2, 0.25) is 0 Å². The van der Waals surface area contributed by atoms with Gasteiger partial charge in [0.15, 0.2) is 5.13 Å². The van der Waals surface area contributed by atoms with Crippen molar-refractivity contribution < 1.29 is 14.1 Å². The monoisotopic (exact) mass is 484 g/mol. The highest BCUT2D eigenvalue weighted by Gasteiger charge is 2.30. The Balaban J connectivity index is 1.37. The average Bonchev–Trinajstić information content (AvgIpc) is 3.52. The molecule has 0 unspecified atom stereocenters. The Morgan fingerprint density at radius 2 is 2.06 bits per heavy atom. The minimum absolute atomic E-state index is 0.165. The normalized spacial score (nSPS) is 13.1. The molecular formula is C22H17ClN4O3S2.